The number of halogens is 1. The zero-order chi connectivity index (χ0) is 28.5. The van der Waals surface area contributed by atoms with Gasteiger partial charge in [0.2, 0.25) is 0 Å². The predicted octanol–water partition coefficient (Wildman–Crippen LogP) is 7.50. The van der Waals surface area contributed by atoms with Gasteiger partial charge < -0.3 is 24.8 Å². The van der Waals surface area contributed by atoms with Crippen molar-refractivity contribution in [2.24, 2.45) is 5.41 Å². The predicted molar refractivity (Wildman–Crippen MR) is 156 cm³/mol. The Balaban J connectivity index is 1.72. The molecule has 1 amide bonds. The Morgan fingerprint density at radius 2 is 1.82 bits per heavy atom. The molecule has 1 aliphatic heterocycles. The molecule has 0 aliphatic carbocycles. The summed E-state index contributed by atoms with van der Waals surface area (Å²) in [5.74, 6) is -0.195. The number of nitrogens with one attached hydrogen (secondary N) is 1. The molecule has 0 radical (unpaired) electrons. The molecule has 2 aromatic carbocycles. The number of likely N-dealkylation sites (tertiary alicyclic amines) is 1. The molecule has 0 spiro atoms. The number of carboxylic acid groups (broad SMARTS) is 2. The Hall–Kier alpha value is -2.84. The number of aromatic amines is 1. The van der Waals surface area contributed by atoms with Crippen molar-refractivity contribution in [3.63, 3.8) is 0 Å². The smallest absolute Gasteiger partial charge is 0.407 e. The molecule has 0 bridgehead atoms. The lowest BCUT2D eigenvalue weighted by Crippen LogP contribution is -2.45. The van der Waals surface area contributed by atoms with Crippen molar-refractivity contribution >= 4 is 46.3 Å². The van der Waals surface area contributed by atoms with Crippen molar-refractivity contribution in [2.75, 3.05) is 6.54 Å². The van der Waals surface area contributed by atoms with Gasteiger partial charge in [-0.25, -0.2) is 4.79 Å². The Bertz CT molecular complexity index is 1350. The van der Waals surface area contributed by atoms with Crippen LogP contribution in [0.25, 0.3) is 10.9 Å². The van der Waals surface area contributed by atoms with Gasteiger partial charge in [-0.1, -0.05) is 44.5 Å². The number of carboxylic acids is 1. The molecule has 2 atom stereocenters. The first kappa shape index (κ1) is 29.2. The van der Waals surface area contributed by atoms with E-state index in [-0.39, 0.29) is 16.9 Å². The summed E-state index contributed by atoms with van der Waals surface area (Å²) in [5.41, 5.74) is 1.89. The molecule has 4 rings (SSSR count). The monoisotopic (exact) mass is 572 g/mol. The van der Waals surface area contributed by atoms with Gasteiger partial charge in [0.25, 0.3) is 0 Å². The third kappa shape index (κ3) is 7.03. The minimum atomic E-state index is -0.933. The molecule has 210 valence electrons. The van der Waals surface area contributed by atoms with E-state index in [0.29, 0.717) is 30.2 Å². The molecule has 1 aliphatic rings. The molecule has 1 unspecified atom stereocenters. The second-order valence-electron chi connectivity index (χ2n) is 11.9. The zero-order valence-corrected chi connectivity index (χ0v) is 24.7. The van der Waals surface area contributed by atoms with Crippen LogP contribution in [0.3, 0.4) is 0 Å². The molecule has 0 saturated carbocycles. The van der Waals surface area contributed by atoms with Crippen LogP contribution in [0.15, 0.2) is 47.4 Å². The van der Waals surface area contributed by atoms with Crippen molar-refractivity contribution in [3.8, 4) is 5.75 Å². The van der Waals surface area contributed by atoms with E-state index in [1.54, 1.807) is 25.6 Å². The minimum Gasteiger partial charge on any atom is -0.488 e. The van der Waals surface area contributed by atoms with Gasteiger partial charge in [0.15, 0.2) is 0 Å². The lowest BCUT2D eigenvalue weighted by atomic mass is 9.88. The van der Waals surface area contributed by atoms with Crippen molar-refractivity contribution < 1.29 is 24.5 Å². The van der Waals surface area contributed by atoms with E-state index >= 15 is 0 Å². The van der Waals surface area contributed by atoms with Gasteiger partial charge in [0.05, 0.1) is 11.5 Å². The van der Waals surface area contributed by atoms with Crippen LogP contribution in [0.2, 0.25) is 5.02 Å². The maximum absolute atomic E-state index is 12.0. The van der Waals surface area contributed by atoms with Crippen LogP contribution in [0, 0.1) is 5.41 Å². The van der Waals surface area contributed by atoms with Gasteiger partial charge in [0.1, 0.15) is 11.9 Å². The maximum Gasteiger partial charge on any atom is 0.407 e. The summed E-state index contributed by atoms with van der Waals surface area (Å²) < 4.78 is 6.50. The minimum absolute atomic E-state index is 0.100. The molecular formula is C30H37ClN2O5S. The van der Waals surface area contributed by atoms with E-state index in [0.717, 1.165) is 39.9 Å². The van der Waals surface area contributed by atoms with E-state index in [9.17, 15) is 19.8 Å². The first-order chi connectivity index (χ1) is 18.2. The van der Waals surface area contributed by atoms with Crippen LogP contribution >= 0.6 is 23.4 Å². The van der Waals surface area contributed by atoms with Crippen LogP contribution in [-0.4, -0.2) is 55.6 Å². The summed E-state index contributed by atoms with van der Waals surface area (Å²) >= 11 is 7.79. The van der Waals surface area contributed by atoms with E-state index < -0.39 is 17.5 Å². The van der Waals surface area contributed by atoms with Crippen molar-refractivity contribution in [3.05, 3.63) is 58.7 Å². The number of hydrogen-bond acceptors (Lipinski definition) is 4. The van der Waals surface area contributed by atoms with Gasteiger partial charge in [0, 0.05) is 50.6 Å². The Kier molecular flexibility index (Phi) is 8.47. The molecule has 9 heteroatoms. The molecule has 3 aromatic rings. The van der Waals surface area contributed by atoms with Crippen molar-refractivity contribution in [1.29, 1.82) is 0 Å². The van der Waals surface area contributed by atoms with Crippen molar-refractivity contribution in [1.82, 2.24) is 9.88 Å². The van der Waals surface area contributed by atoms with Gasteiger partial charge in [-0.2, -0.15) is 0 Å². The Morgan fingerprint density at radius 1 is 1.13 bits per heavy atom. The highest BCUT2D eigenvalue weighted by molar-refractivity contribution is 8.00. The van der Waals surface area contributed by atoms with Gasteiger partial charge in [-0.15, -0.1) is 11.8 Å². The standard InChI is InChI=1S/C30H37ClN2O5S/c1-29(2,3)39-26-21-16-20(12-13-22(21)32-23(26)17-30(4,5)27(34)35)38-25(15-18-8-10-19(31)11-9-18)24-7-6-14-33(24)28(36)37/h8-13,16,24-25,32H,6-7,14-15,17H2,1-5H3,(H,34,35)(H,36,37)/t24-,25?/m0/s1. The van der Waals surface area contributed by atoms with Gasteiger partial charge in [-0.3, -0.25) is 4.79 Å². The van der Waals surface area contributed by atoms with Gasteiger partial charge >= 0.3 is 12.1 Å². The SMILES string of the molecule is CC(C)(C)Sc1c(CC(C)(C)C(=O)O)[nH]c2ccc(OC(Cc3ccc(Cl)cc3)[C@@H]3CCCN3C(=O)O)cc12. The number of rotatable bonds is 9. The number of ether oxygens (including phenoxy) is 1. The molecule has 3 N–H and O–H groups in total. The highest BCUT2D eigenvalue weighted by Crippen LogP contribution is 2.42. The summed E-state index contributed by atoms with van der Waals surface area (Å²) in [6, 6.07) is 13.1. The van der Waals surface area contributed by atoms with E-state index in [1.165, 1.54) is 4.90 Å². The molecule has 7 nitrogen and oxygen atoms in total. The number of H-pyrrole nitrogens is 1. The second kappa shape index (κ2) is 11.3. The number of thioether (sulfide) groups is 1. The highest BCUT2D eigenvalue weighted by Gasteiger charge is 2.36. The van der Waals surface area contributed by atoms with Crippen LogP contribution in [-0.2, 0) is 17.6 Å². The quantitative estimate of drug-likeness (QED) is 0.229. The molecule has 1 saturated heterocycles. The summed E-state index contributed by atoms with van der Waals surface area (Å²) in [4.78, 5) is 29.8. The van der Waals surface area contributed by atoms with E-state index in [4.69, 9.17) is 16.3 Å². The Morgan fingerprint density at radius 3 is 2.44 bits per heavy atom. The summed E-state index contributed by atoms with van der Waals surface area (Å²) in [6.45, 7) is 10.4. The van der Waals surface area contributed by atoms with E-state index in [1.807, 2.05) is 42.5 Å². The molecule has 1 fully saturated rings. The molecule has 2 heterocycles. The second-order valence-corrected chi connectivity index (χ2v) is 14.2. The number of aliphatic carboxylic acids is 1. The summed E-state index contributed by atoms with van der Waals surface area (Å²) in [7, 11) is 0. The largest absolute Gasteiger partial charge is 0.488 e. The first-order valence-corrected chi connectivity index (χ1v) is 14.4. The molecular weight excluding hydrogens is 536 g/mol. The van der Waals surface area contributed by atoms with Gasteiger partial charge in [-0.05, 0) is 62.6 Å². The van der Waals surface area contributed by atoms with Crippen molar-refractivity contribution in [2.45, 2.75) is 82.1 Å². The van der Waals surface area contributed by atoms with Crippen LogP contribution in [0.4, 0.5) is 4.79 Å². The highest BCUT2D eigenvalue weighted by atomic mass is 35.5. The lowest BCUT2D eigenvalue weighted by molar-refractivity contribution is -0.146. The maximum atomic E-state index is 12.0. The fourth-order valence-electron chi connectivity index (χ4n) is 5.04. The third-order valence-electron chi connectivity index (χ3n) is 7.01. The van der Waals surface area contributed by atoms with Crippen LogP contribution in [0.5, 0.6) is 5.75 Å². The van der Waals surface area contributed by atoms with Crippen LogP contribution in [0.1, 0.15) is 58.7 Å². The number of hydrogen-bond donors (Lipinski definition) is 3. The first-order valence-electron chi connectivity index (χ1n) is 13.2. The summed E-state index contributed by atoms with van der Waals surface area (Å²) in [5, 5.41) is 21.2. The number of aromatic nitrogens is 1. The fourth-order valence-corrected chi connectivity index (χ4v) is 6.30. The number of fused-ring (bicyclic) bond motifs is 1. The number of amides is 1. The fraction of sp³-hybridized carbons (Fsp3) is 0.467. The number of carbonyl (C=O) groups is 2. The average molecular weight is 573 g/mol. The topological polar surface area (TPSA) is 103 Å². The average Bonchev–Trinajstić information content (AvgIpc) is 3.44. The summed E-state index contributed by atoms with van der Waals surface area (Å²) in [6.07, 6.45) is 1.11. The number of nitrogens with zero attached hydrogens (tertiary/aromatic N) is 1. The molecule has 39 heavy (non-hydrogen) atoms. The molecule has 1 aromatic heterocycles. The zero-order valence-electron chi connectivity index (χ0n) is 23.1. The number of benzene rings is 2. The van der Waals surface area contributed by atoms with Crippen LogP contribution < -0.4 is 4.74 Å². The third-order valence-corrected chi connectivity index (χ3v) is 8.55. The van der Waals surface area contributed by atoms with E-state index in [2.05, 4.69) is 25.8 Å². The Labute approximate surface area is 238 Å². The normalized spacial score (nSPS) is 17.0. The lowest BCUT2D eigenvalue weighted by Gasteiger charge is -2.30.